The first-order valence-corrected chi connectivity index (χ1v) is 7.99. The fourth-order valence-corrected chi connectivity index (χ4v) is 4.23. The SMILES string of the molecule is Clc1cc(Cl)c2c(c1)C(NC1CC3CCC1O3)CCO2. The van der Waals surface area contributed by atoms with Gasteiger partial charge in [-0.1, -0.05) is 23.2 Å². The maximum Gasteiger partial charge on any atom is 0.142 e. The Labute approximate surface area is 128 Å². The van der Waals surface area contributed by atoms with Crippen molar-refractivity contribution in [3.8, 4) is 5.75 Å². The van der Waals surface area contributed by atoms with E-state index in [1.165, 1.54) is 12.8 Å². The topological polar surface area (TPSA) is 30.5 Å². The molecule has 0 amide bonds. The summed E-state index contributed by atoms with van der Waals surface area (Å²) in [4.78, 5) is 0. The molecule has 2 fully saturated rings. The second kappa shape index (κ2) is 5.06. The van der Waals surface area contributed by atoms with Crippen molar-refractivity contribution >= 4 is 23.2 Å². The van der Waals surface area contributed by atoms with Gasteiger partial charge in [0.05, 0.1) is 23.8 Å². The average Bonchev–Trinajstić information content (AvgIpc) is 3.02. The molecule has 20 heavy (non-hydrogen) atoms. The predicted octanol–water partition coefficient (Wildman–Crippen LogP) is 3.73. The van der Waals surface area contributed by atoms with Crippen molar-refractivity contribution in [1.82, 2.24) is 5.32 Å². The Kier molecular flexibility index (Phi) is 3.34. The fraction of sp³-hybridized carbons (Fsp3) is 0.600. The normalized spacial score (nSPS) is 34.9. The van der Waals surface area contributed by atoms with Crippen molar-refractivity contribution < 1.29 is 9.47 Å². The molecule has 2 bridgehead atoms. The van der Waals surface area contributed by atoms with Crippen LogP contribution in [0.3, 0.4) is 0 Å². The third kappa shape index (κ3) is 2.21. The van der Waals surface area contributed by atoms with E-state index in [1.807, 2.05) is 6.07 Å². The standard InChI is InChI=1S/C15H17Cl2NO2/c16-8-5-10-12(3-4-19-15(10)11(17)6-8)18-13-7-9-1-2-14(13)20-9/h5-6,9,12-14,18H,1-4,7H2. The van der Waals surface area contributed by atoms with Crippen molar-refractivity contribution in [2.75, 3.05) is 6.61 Å². The Hall–Kier alpha value is -0.480. The molecule has 108 valence electrons. The van der Waals surface area contributed by atoms with Gasteiger partial charge in [-0.05, 0) is 31.4 Å². The quantitative estimate of drug-likeness (QED) is 0.902. The van der Waals surface area contributed by atoms with E-state index in [0.717, 1.165) is 24.2 Å². The summed E-state index contributed by atoms with van der Waals surface area (Å²) in [6.45, 7) is 0.688. The van der Waals surface area contributed by atoms with E-state index < -0.39 is 0 Å². The summed E-state index contributed by atoms with van der Waals surface area (Å²) in [6, 6.07) is 4.41. The highest BCUT2D eigenvalue weighted by molar-refractivity contribution is 6.35. The first-order valence-electron chi connectivity index (χ1n) is 7.24. The van der Waals surface area contributed by atoms with Crippen LogP contribution in [-0.2, 0) is 4.74 Å². The number of ether oxygens (including phenoxy) is 2. The second-order valence-electron chi connectivity index (χ2n) is 5.88. The summed E-state index contributed by atoms with van der Waals surface area (Å²) in [6.07, 6.45) is 5.28. The van der Waals surface area contributed by atoms with Gasteiger partial charge in [0.25, 0.3) is 0 Å². The largest absolute Gasteiger partial charge is 0.492 e. The average molecular weight is 314 g/mol. The Morgan fingerprint density at radius 1 is 1.15 bits per heavy atom. The maximum atomic E-state index is 6.23. The van der Waals surface area contributed by atoms with Crippen LogP contribution in [0.2, 0.25) is 10.0 Å². The Balaban J connectivity index is 1.59. The summed E-state index contributed by atoms with van der Waals surface area (Å²) < 4.78 is 11.6. The van der Waals surface area contributed by atoms with Gasteiger partial charge < -0.3 is 14.8 Å². The zero-order valence-corrected chi connectivity index (χ0v) is 12.6. The van der Waals surface area contributed by atoms with Crippen LogP contribution in [0.5, 0.6) is 5.75 Å². The van der Waals surface area contributed by atoms with E-state index in [9.17, 15) is 0 Å². The zero-order chi connectivity index (χ0) is 13.7. The van der Waals surface area contributed by atoms with E-state index in [0.29, 0.717) is 34.9 Å². The van der Waals surface area contributed by atoms with Gasteiger partial charge in [0, 0.05) is 29.1 Å². The molecule has 1 N–H and O–H groups in total. The van der Waals surface area contributed by atoms with Crippen LogP contribution in [-0.4, -0.2) is 24.9 Å². The van der Waals surface area contributed by atoms with Crippen LogP contribution in [0, 0.1) is 0 Å². The molecule has 3 nitrogen and oxygen atoms in total. The maximum absolute atomic E-state index is 6.23. The van der Waals surface area contributed by atoms with Gasteiger partial charge >= 0.3 is 0 Å². The minimum absolute atomic E-state index is 0.253. The highest BCUT2D eigenvalue weighted by atomic mass is 35.5. The van der Waals surface area contributed by atoms with Crippen molar-refractivity contribution in [3.63, 3.8) is 0 Å². The number of fused-ring (bicyclic) bond motifs is 3. The van der Waals surface area contributed by atoms with Crippen LogP contribution in [0.15, 0.2) is 12.1 Å². The number of benzene rings is 1. The molecule has 4 atom stereocenters. The summed E-state index contributed by atoms with van der Waals surface area (Å²) in [7, 11) is 0. The number of nitrogens with one attached hydrogen (secondary N) is 1. The van der Waals surface area contributed by atoms with E-state index in [-0.39, 0.29) is 6.04 Å². The lowest BCUT2D eigenvalue weighted by atomic mass is 9.92. The molecule has 0 saturated carbocycles. The van der Waals surface area contributed by atoms with Crippen LogP contribution < -0.4 is 10.1 Å². The molecule has 3 heterocycles. The molecular formula is C15H17Cl2NO2. The van der Waals surface area contributed by atoms with Crippen LogP contribution in [0.1, 0.15) is 37.3 Å². The third-order valence-electron chi connectivity index (χ3n) is 4.59. The van der Waals surface area contributed by atoms with Gasteiger partial charge in [-0.3, -0.25) is 0 Å². The smallest absolute Gasteiger partial charge is 0.142 e. The molecule has 1 aromatic rings. The molecule has 0 spiro atoms. The predicted molar refractivity (Wildman–Crippen MR) is 78.8 cm³/mol. The summed E-state index contributed by atoms with van der Waals surface area (Å²) in [5, 5.41) is 5.00. The van der Waals surface area contributed by atoms with Crippen molar-refractivity contribution in [2.45, 2.75) is 50.0 Å². The van der Waals surface area contributed by atoms with Crippen LogP contribution in [0.25, 0.3) is 0 Å². The number of halogens is 2. The van der Waals surface area contributed by atoms with Crippen molar-refractivity contribution in [1.29, 1.82) is 0 Å². The van der Waals surface area contributed by atoms with Crippen LogP contribution in [0.4, 0.5) is 0 Å². The Morgan fingerprint density at radius 3 is 2.80 bits per heavy atom. The van der Waals surface area contributed by atoms with E-state index >= 15 is 0 Å². The van der Waals surface area contributed by atoms with Gasteiger partial charge in [-0.25, -0.2) is 0 Å². The molecule has 3 aliphatic rings. The minimum Gasteiger partial charge on any atom is -0.492 e. The first-order chi connectivity index (χ1) is 9.70. The highest BCUT2D eigenvalue weighted by Crippen LogP contribution is 2.42. The monoisotopic (exact) mass is 313 g/mol. The van der Waals surface area contributed by atoms with Crippen LogP contribution >= 0.6 is 23.2 Å². The van der Waals surface area contributed by atoms with Crippen molar-refractivity contribution in [3.05, 3.63) is 27.7 Å². The summed E-state index contributed by atoms with van der Waals surface area (Å²) in [5.41, 5.74) is 1.08. The lowest BCUT2D eigenvalue weighted by Crippen LogP contribution is -2.41. The van der Waals surface area contributed by atoms with Crippen molar-refractivity contribution in [2.24, 2.45) is 0 Å². The van der Waals surface area contributed by atoms with Gasteiger partial charge in [-0.2, -0.15) is 0 Å². The van der Waals surface area contributed by atoms with Gasteiger partial charge in [0.2, 0.25) is 0 Å². The third-order valence-corrected chi connectivity index (χ3v) is 5.09. The molecular weight excluding hydrogens is 297 g/mol. The van der Waals surface area contributed by atoms with E-state index in [4.69, 9.17) is 32.7 Å². The molecule has 0 aliphatic carbocycles. The van der Waals surface area contributed by atoms with E-state index in [2.05, 4.69) is 5.32 Å². The number of hydrogen-bond donors (Lipinski definition) is 1. The molecule has 2 saturated heterocycles. The molecule has 4 rings (SSSR count). The molecule has 4 unspecified atom stereocenters. The second-order valence-corrected chi connectivity index (χ2v) is 6.72. The zero-order valence-electron chi connectivity index (χ0n) is 11.1. The lowest BCUT2D eigenvalue weighted by molar-refractivity contribution is 0.0948. The number of rotatable bonds is 2. The van der Waals surface area contributed by atoms with Gasteiger partial charge in [0.1, 0.15) is 5.75 Å². The van der Waals surface area contributed by atoms with E-state index in [1.54, 1.807) is 6.07 Å². The Bertz CT molecular complexity index is 537. The molecule has 0 aromatic heterocycles. The molecule has 3 aliphatic heterocycles. The lowest BCUT2D eigenvalue weighted by Gasteiger charge is -2.32. The summed E-state index contributed by atoms with van der Waals surface area (Å²) in [5.74, 6) is 0.781. The highest BCUT2D eigenvalue weighted by Gasteiger charge is 2.42. The fourth-order valence-electron chi connectivity index (χ4n) is 3.67. The minimum atomic E-state index is 0.253. The molecule has 0 radical (unpaired) electrons. The molecule has 1 aromatic carbocycles. The summed E-state index contributed by atoms with van der Waals surface area (Å²) >= 11 is 12.4. The first kappa shape index (κ1) is 13.2. The number of hydrogen-bond acceptors (Lipinski definition) is 3. The molecule has 5 heteroatoms. The van der Waals surface area contributed by atoms with Gasteiger partial charge in [0.15, 0.2) is 0 Å². The Morgan fingerprint density at radius 2 is 2.05 bits per heavy atom. The van der Waals surface area contributed by atoms with Gasteiger partial charge in [-0.15, -0.1) is 0 Å².